The predicted octanol–water partition coefficient (Wildman–Crippen LogP) is 1.25. The summed E-state index contributed by atoms with van der Waals surface area (Å²) in [6, 6.07) is -10.7. The summed E-state index contributed by atoms with van der Waals surface area (Å²) in [6.45, 7) is 10.9. The minimum Gasteiger partial charge on any atom is -0.481 e. The molecule has 23 heteroatoms. The minimum atomic E-state index is -1.63. The number of unbranched alkanes of at least 4 members (excludes halogenated alkanes) is 11. The van der Waals surface area contributed by atoms with Crippen LogP contribution in [0.1, 0.15) is 177 Å². The molecule has 74 heavy (non-hydrogen) atoms. The summed E-state index contributed by atoms with van der Waals surface area (Å²) < 4.78 is 0. The van der Waals surface area contributed by atoms with Gasteiger partial charge in [0.2, 0.25) is 47.3 Å². The SMILES string of the molecule is CCCCCCCCCCCCCC(=O)NC(CCC(=O)O)C(=O)NC(C)C(=O)NC(C(=O)NC(CO)C(=O)NC(CC(C)C)C(=O)NC(CCCCN)C(=O)N1CCCC1C(=O)NC(C(=O)O)C(C)O)C(C)C. The maximum atomic E-state index is 14.1. The van der Waals surface area contributed by atoms with Crippen LogP contribution in [0, 0.1) is 11.8 Å². The van der Waals surface area contributed by atoms with Gasteiger partial charge in [-0.2, -0.15) is 0 Å². The number of nitrogens with two attached hydrogens (primary N) is 1. The van der Waals surface area contributed by atoms with E-state index in [-0.39, 0.29) is 51.1 Å². The summed E-state index contributed by atoms with van der Waals surface area (Å²) in [5, 5.41) is 56.6. The Morgan fingerprint density at radius 1 is 0.581 bits per heavy atom. The quantitative estimate of drug-likeness (QED) is 0.0386. The van der Waals surface area contributed by atoms with Crippen molar-refractivity contribution in [1.29, 1.82) is 0 Å². The van der Waals surface area contributed by atoms with Crippen LogP contribution in [0.2, 0.25) is 0 Å². The summed E-state index contributed by atoms with van der Waals surface area (Å²) in [5.41, 5.74) is 5.70. The number of hydrogen-bond donors (Lipinski definition) is 12. The van der Waals surface area contributed by atoms with Gasteiger partial charge < -0.3 is 68.3 Å². The number of carbonyl (C=O) groups is 10. The first kappa shape index (κ1) is 66.6. The number of likely N-dealkylation sites (tertiary alicyclic amines) is 1. The zero-order valence-electron chi connectivity index (χ0n) is 45.0. The van der Waals surface area contributed by atoms with Gasteiger partial charge in [-0.05, 0) is 83.6 Å². The van der Waals surface area contributed by atoms with Crippen LogP contribution in [-0.2, 0) is 47.9 Å². The van der Waals surface area contributed by atoms with E-state index in [4.69, 9.17) is 5.73 Å². The van der Waals surface area contributed by atoms with Crippen molar-refractivity contribution < 1.29 is 68.4 Å². The molecule has 1 saturated heterocycles. The zero-order chi connectivity index (χ0) is 55.9. The second-order valence-corrected chi connectivity index (χ2v) is 20.3. The monoisotopic (exact) mass is 1050 g/mol. The number of carboxylic acids is 2. The molecule has 0 radical (unpaired) electrons. The van der Waals surface area contributed by atoms with Crippen molar-refractivity contribution in [1.82, 2.24) is 42.1 Å². The van der Waals surface area contributed by atoms with Crippen molar-refractivity contribution in [3.63, 3.8) is 0 Å². The molecule has 9 unspecified atom stereocenters. The molecule has 0 spiro atoms. The van der Waals surface area contributed by atoms with Crippen molar-refractivity contribution in [3.05, 3.63) is 0 Å². The van der Waals surface area contributed by atoms with E-state index >= 15 is 0 Å². The first-order valence-corrected chi connectivity index (χ1v) is 26.8. The Morgan fingerprint density at radius 2 is 1.14 bits per heavy atom. The maximum Gasteiger partial charge on any atom is 0.328 e. The van der Waals surface area contributed by atoms with Crippen molar-refractivity contribution >= 4 is 59.2 Å². The Bertz CT molecular complexity index is 1800. The van der Waals surface area contributed by atoms with Gasteiger partial charge in [0.15, 0.2) is 6.04 Å². The normalized spacial score (nSPS) is 16.6. The van der Waals surface area contributed by atoms with E-state index in [0.717, 1.165) is 25.7 Å². The van der Waals surface area contributed by atoms with Gasteiger partial charge in [-0.3, -0.25) is 43.2 Å². The highest BCUT2D eigenvalue weighted by Gasteiger charge is 2.40. The molecule has 1 aliphatic heterocycles. The third-order valence-corrected chi connectivity index (χ3v) is 12.9. The van der Waals surface area contributed by atoms with Crippen LogP contribution < -0.4 is 43.0 Å². The number of aliphatic carboxylic acids is 2. The fourth-order valence-corrected chi connectivity index (χ4v) is 8.54. The Hall–Kier alpha value is -5.42. The lowest BCUT2D eigenvalue weighted by Crippen LogP contribution is -2.61. The highest BCUT2D eigenvalue weighted by Crippen LogP contribution is 2.21. The number of rotatable bonds is 39. The smallest absolute Gasteiger partial charge is 0.328 e. The van der Waals surface area contributed by atoms with Crippen LogP contribution in [0.4, 0.5) is 0 Å². The second-order valence-electron chi connectivity index (χ2n) is 20.3. The number of amides is 8. The van der Waals surface area contributed by atoms with E-state index in [0.29, 0.717) is 25.7 Å². The lowest BCUT2D eigenvalue weighted by molar-refractivity contribution is -0.147. The molecule has 0 aromatic rings. The van der Waals surface area contributed by atoms with E-state index in [9.17, 15) is 68.4 Å². The molecular weight excluding hydrogens is 963 g/mol. The molecule has 1 rings (SSSR count). The summed E-state index contributed by atoms with van der Waals surface area (Å²) >= 11 is 0. The van der Waals surface area contributed by atoms with Crippen LogP contribution in [0.5, 0.6) is 0 Å². The predicted molar refractivity (Wildman–Crippen MR) is 275 cm³/mol. The number of aliphatic hydroxyl groups excluding tert-OH is 2. The Balaban J connectivity index is 3.04. The van der Waals surface area contributed by atoms with E-state index < -0.39 is 133 Å². The summed E-state index contributed by atoms with van der Waals surface area (Å²) in [5.74, 6) is -9.57. The second kappa shape index (κ2) is 36.5. The fraction of sp³-hybridized carbons (Fsp3) is 0.804. The van der Waals surface area contributed by atoms with E-state index in [1.54, 1.807) is 27.7 Å². The molecule has 0 bridgehead atoms. The standard InChI is InChI=1S/C51H91N9O14/c1-8-9-10-11-12-13-14-15-16-17-18-24-40(63)54-35(25-26-41(64)65)45(67)53-33(6)44(66)58-42(32(4)5)49(71)57-38(30-61)47(69)56-37(29-31(2)3)46(68)55-36(22-19-20-27-52)50(72)60-28-21-23-39(60)48(70)59-43(34(7)62)51(73)74/h31-39,42-43,61-62H,8-30,52H2,1-7H3,(H,53,67)(H,54,63)(H,55,68)(H,56,69)(H,57,71)(H,58,66)(H,59,70)(H,64,65)(H,73,74). The molecule has 13 N–H and O–H groups in total. The van der Waals surface area contributed by atoms with E-state index in [1.807, 2.05) is 0 Å². The molecule has 23 nitrogen and oxygen atoms in total. The highest BCUT2D eigenvalue weighted by atomic mass is 16.4. The first-order valence-electron chi connectivity index (χ1n) is 26.8. The average Bonchev–Trinajstić information content (AvgIpc) is 3.83. The number of nitrogens with zero attached hydrogens (tertiary/aromatic N) is 1. The van der Waals surface area contributed by atoms with Gasteiger partial charge in [0.25, 0.3) is 0 Å². The van der Waals surface area contributed by atoms with Crippen molar-refractivity contribution in [2.24, 2.45) is 17.6 Å². The lowest BCUT2D eigenvalue weighted by atomic mass is 10.0. The van der Waals surface area contributed by atoms with Gasteiger partial charge in [0.05, 0.1) is 12.7 Å². The summed E-state index contributed by atoms with van der Waals surface area (Å²) in [4.78, 5) is 133. The Morgan fingerprint density at radius 3 is 1.66 bits per heavy atom. The zero-order valence-corrected chi connectivity index (χ0v) is 45.0. The average molecular weight is 1050 g/mol. The number of nitrogens with one attached hydrogen (secondary N) is 7. The maximum absolute atomic E-state index is 14.1. The van der Waals surface area contributed by atoms with Crippen LogP contribution in [0.15, 0.2) is 0 Å². The number of hydrogen-bond acceptors (Lipinski definition) is 13. The van der Waals surface area contributed by atoms with Gasteiger partial charge in [-0.25, -0.2) is 4.79 Å². The van der Waals surface area contributed by atoms with Crippen molar-refractivity contribution in [3.8, 4) is 0 Å². The molecule has 9 atom stereocenters. The molecule has 1 heterocycles. The van der Waals surface area contributed by atoms with Gasteiger partial charge >= 0.3 is 11.9 Å². The van der Waals surface area contributed by atoms with Crippen LogP contribution in [0.25, 0.3) is 0 Å². The van der Waals surface area contributed by atoms with Gasteiger partial charge in [0, 0.05) is 19.4 Å². The number of carbonyl (C=O) groups excluding carboxylic acids is 8. The number of aliphatic hydroxyl groups is 2. The molecule has 0 aromatic heterocycles. The lowest BCUT2D eigenvalue weighted by Gasteiger charge is -2.31. The largest absolute Gasteiger partial charge is 0.481 e. The number of carboxylic acid groups (broad SMARTS) is 2. The molecule has 1 aliphatic rings. The van der Waals surface area contributed by atoms with Crippen LogP contribution in [-0.4, -0.2) is 159 Å². The van der Waals surface area contributed by atoms with E-state index in [2.05, 4.69) is 44.1 Å². The highest BCUT2D eigenvalue weighted by molar-refractivity contribution is 5.98. The third kappa shape index (κ3) is 25.7. The molecule has 1 fully saturated rings. The molecule has 8 amide bonds. The molecule has 0 saturated carbocycles. The third-order valence-electron chi connectivity index (χ3n) is 12.9. The summed E-state index contributed by atoms with van der Waals surface area (Å²) in [6.07, 6.45) is 11.7. The van der Waals surface area contributed by atoms with E-state index in [1.165, 1.54) is 57.3 Å². The topological polar surface area (TPSA) is 365 Å². The van der Waals surface area contributed by atoms with Crippen molar-refractivity contribution in [2.75, 3.05) is 19.7 Å². The fourth-order valence-electron chi connectivity index (χ4n) is 8.54. The Kier molecular flexibility index (Phi) is 32.9. The Labute approximate surface area is 437 Å². The molecule has 424 valence electrons. The molecule has 0 aliphatic carbocycles. The molecule has 0 aromatic carbocycles. The van der Waals surface area contributed by atoms with Crippen LogP contribution >= 0.6 is 0 Å². The first-order chi connectivity index (χ1) is 35.0. The van der Waals surface area contributed by atoms with Crippen molar-refractivity contribution in [2.45, 2.75) is 231 Å². The van der Waals surface area contributed by atoms with Gasteiger partial charge in [-0.15, -0.1) is 0 Å². The van der Waals surface area contributed by atoms with Gasteiger partial charge in [0.1, 0.15) is 42.3 Å². The van der Waals surface area contributed by atoms with Gasteiger partial charge in [-0.1, -0.05) is 98.8 Å². The van der Waals surface area contributed by atoms with Crippen LogP contribution in [0.3, 0.4) is 0 Å². The summed E-state index contributed by atoms with van der Waals surface area (Å²) in [7, 11) is 0. The minimum absolute atomic E-state index is 0.0482. The molecular formula is C51H91N9O14.